The molecule has 5 heteroatoms. The largest absolute Gasteiger partial charge is 0.481 e. The molecular weight excluding hydrogens is 390 g/mol. The highest BCUT2D eigenvalue weighted by atomic mass is 35.5. The highest BCUT2D eigenvalue weighted by molar-refractivity contribution is 7.98. The Morgan fingerprint density at radius 2 is 1.89 bits per heavy atom. The number of carbonyl (C=O) groups is 1. The Bertz CT molecular complexity index is 931. The minimum absolute atomic E-state index is 0.0704. The van der Waals surface area contributed by atoms with Crippen molar-refractivity contribution >= 4 is 40.0 Å². The number of halogens is 1. The number of benzene rings is 3. The first kappa shape index (κ1) is 20.6. The smallest absolute Gasteiger partial charge is 0.261 e. The summed E-state index contributed by atoms with van der Waals surface area (Å²) in [5.74, 6) is 2.36. The number of amides is 1. The van der Waals surface area contributed by atoms with Gasteiger partial charge in [-0.25, -0.2) is 0 Å². The van der Waals surface area contributed by atoms with E-state index in [1.807, 2.05) is 61.5 Å². The predicted octanol–water partition coefficient (Wildman–Crippen LogP) is 5.70. The van der Waals surface area contributed by atoms with Crippen molar-refractivity contribution in [1.82, 2.24) is 5.32 Å². The van der Waals surface area contributed by atoms with Gasteiger partial charge in [-0.1, -0.05) is 61.0 Å². The van der Waals surface area contributed by atoms with Crippen molar-refractivity contribution in [3.05, 3.63) is 77.3 Å². The summed E-state index contributed by atoms with van der Waals surface area (Å²) in [6, 6.07) is 21.9. The summed E-state index contributed by atoms with van der Waals surface area (Å²) in [5.41, 5.74) is 1.19. The average molecular weight is 414 g/mol. The van der Waals surface area contributed by atoms with Crippen LogP contribution in [-0.2, 0) is 10.5 Å². The molecule has 0 spiro atoms. The number of carbonyl (C=O) groups excluding carboxylic acids is 1. The third kappa shape index (κ3) is 5.91. The van der Waals surface area contributed by atoms with Crippen LogP contribution in [0.15, 0.2) is 66.7 Å². The molecule has 3 aromatic carbocycles. The molecule has 0 heterocycles. The van der Waals surface area contributed by atoms with Gasteiger partial charge in [-0.05, 0) is 47.0 Å². The Kier molecular flexibility index (Phi) is 7.63. The van der Waals surface area contributed by atoms with E-state index in [0.29, 0.717) is 13.0 Å². The quantitative estimate of drug-likeness (QED) is 0.457. The van der Waals surface area contributed by atoms with E-state index in [9.17, 15) is 4.79 Å². The number of nitrogens with one attached hydrogen (secondary N) is 1. The van der Waals surface area contributed by atoms with Crippen LogP contribution in [-0.4, -0.2) is 24.3 Å². The molecule has 0 fully saturated rings. The van der Waals surface area contributed by atoms with E-state index in [0.717, 1.165) is 33.1 Å². The van der Waals surface area contributed by atoms with E-state index in [1.54, 1.807) is 11.8 Å². The standard InChI is InChI=1S/C23H24ClNO2S/c1-2-22(27-21-11-10-18-7-3-4-8-19(18)15-21)23(26)25-12-13-28-16-17-6-5-9-20(24)14-17/h3-11,14-15,22H,2,12-13,16H2,1H3,(H,25,26)/t22-/m0/s1. The van der Waals surface area contributed by atoms with Crippen LogP contribution in [0.4, 0.5) is 0 Å². The molecule has 0 aliphatic heterocycles. The lowest BCUT2D eigenvalue weighted by Crippen LogP contribution is -2.39. The lowest BCUT2D eigenvalue weighted by atomic mass is 10.1. The fraction of sp³-hybridized carbons (Fsp3) is 0.261. The second kappa shape index (κ2) is 10.4. The Balaban J connectivity index is 1.45. The van der Waals surface area contributed by atoms with Crippen molar-refractivity contribution in [2.45, 2.75) is 25.2 Å². The van der Waals surface area contributed by atoms with E-state index in [4.69, 9.17) is 16.3 Å². The Morgan fingerprint density at radius 1 is 1.07 bits per heavy atom. The zero-order valence-corrected chi connectivity index (χ0v) is 17.4. The van der Waals surface area contributed by atoms with E-state index in [-0.39, 0.29) is 5.91 Å². The molecule has 3 rings (SSSR count). The maximum atomic E-state index is 12.5. The highest BCUT2D eigenvalue weighted by Crippen LogP contribution is 2.22. The molecule has 0 aliphatic rings. The number of ether oxygens (including phenoxy) is 1. The third-order valence-corrected chi connectivity index (χ3v) is 5.63. The molecule has 1 atom stereocenters. The van der Waals surface area contributed by atoms with Gasteiger partial charge in [0.1, 0.15) is 5.75 Å². The normalized spacial score (nSPS) is 11.9. The van der Waals surface area contributed by atoms with Crippen LogP contribution in [0.2, 0.25) is 5.02 Å². The molecule has 3 aromatic rings. The summed E-state index contributed by atoms with van der Waals surface area (Å²) in [6.45, 7) is 2.57. The fourth-order valence-electron chi connectivity index (χ4n) is 2.90. The van der Waals surface area contributed by atoms with Gasteiger partial charge in [-0.3, -0.25) is 4.79 Å². The summed E-state index contributed by atoms with van der Waals surface area (Å²) in [5, 5.41) is 5.99. The van der Waals surface area contributed by atoms with Crippen LogP contribution in [0.25, 0.3) is 10.8 Å². The van der Waals surface area contributed by atoms with E-state index >= 15 is 0 Å². The van der Waals surface area contributed by atoms with Gasteiger partial charge in [0.05, 0.1) is 0 Å². The Labute approximate surface area is 175 Å². The van der Waals surface area contributed by atoms with Crippen LogP contribution in [0.1, 0.15) is 18.9 Å². The van der Waals surface area contributed by atoms with E-state index in [1.165, 1.54) is 5.56 Å². The molecule has 0 aromatic heterocycles. The fourth-order valence-corrected chi connectivity index (χ4v) is 3.92. The first-order valence-corrected chi connectivity index (χ1v) is 10.9. The van der Waals surface area contributed by atoms with Crippen molar-refractivity contribution in [2.24, 2.45) is 0 Å². The number of hydrogen-bond donors (Lipinski definition) is 1. The van der Waals surface area contributed by atoms with Gasteiger partial charge >= 0.3 is 0 Å². The lowest BCUT2D eigenvalue weighted by Gasteiger charge is -2.17. The van der Waals surface area contributed by atoms with Gasteiger partial charge < -0.3 is 10.1 Å². The molecule has 3 nitrogen and oxygen atoms in total. The van der Waals surface area contributed by atoms with Crippen LogP contribution in [0.5, 0.6) is 5.75 Å². The molecule has 146 valence electrons. The van der Waals surface area contributed by atoms with Gasteiger partial charge in [-0.2, -0.15) is 11.8 Å². The zero-order chi connectivity index (χ0) is 19.8. The van der Waals surface area contributed by atoms with Gasteiger partial charge in [-0.15, -0.1) is 0 Å². The molecule has 28 heavy (non-hydrogen) atoms. The molecular formula is C23H24ClNO2S. The molecule has 1 amide bonds. The molecule has 0 radical (unpaired) electrons. The van der Waals surface area contributed by atoms with Crippen molar-refractivity contribution in [3.8, 4) is 5.75 Å². The minimum atomic E-state index is -0.487. The minimum Gasteiger partial charge on any atom is -0.481 e. The zero-order valence-electron chi connectivity index (χ0n) is 15.9. The van der Waals surface area contributed by atoms with Gasteiger partial charge in [0.25, 0.3) is 5.91 Å². The van der Waals surface area contributed by atoms with Crippen LogP contribution >= 0.6 is 23.4 Å². The molecule has 0 bridgehead atoms. The van der Waals surface area contributed by atoms with Crippen LogP contribution < -0.4 is 10.1 Å². The van der Waals surface area contributed by atoms with Crippen LogP contribution in [0, 0.1) is 0 Å². The van der Waals surface area contributed by atoms with Gasteiger partial charge in [0.15, 0.2) is 6.10 Å². The highest BCUT2D eigenvalue weighted by Gasteiger charge is 2.17. The summed E-state index contributed by atoms with van der Waals surface area (Å²) >= 11 is 7.76. The topological polar surface area (TPSA) is 38.3 Å². The van der Waals surface area contributed by atoms with Crippen LogP contribution in [0.3, 0.4) is 0 Å². The van der Waals surface area contributed by atoms with Crippen molar-refractivity contribution in [3.63, 3.8) is 0 Å². The van der Waals surface area contributed by atoms with Crippen molar-refractivity contribution in [2.75, 3.05) is 12.3 Å². The number of hydrogen-bond acceptors (Lipinski definition) is 3. The Morgan fingerprint density at radius 3 is 2.68 bits per heavy atom. The maximum absolute atomic E-state index is 12.5. The third-order valence-electron chi connectivity index (χ3n) is 4.37. The molecule has 1 N–H and O–H groups in total. The molecule has 0 unspecified atom stereocenters. The second-order valence-corrected chi connectivity index (χ2v) is 8.04. The van der Waals surface area contributed by atoms with E-state index in [2.05, 4.69) is 17.4 Å². The predicted molar refractivity (Wildman–Crippen MR) is 119 cm³/mol. The summed E-state index contributed by atoms with van der Waals surface area (Å²) in [7, 11) is 0. The summed E-state index contributed by atoms with van der Waals surface area (Å²) in [6.07, 6.45) is 0.132. The Hall–Kier alpha value is -2.17. The number of thioether (sulfide) groups is 1. The number of fused-ring (bicyclic) bond motifs is 1. The summed E-state index contributed by atoms with van der Waals surface area (Å²) in [4.78, 5) is 12.5. The monoisotopic (exact) mass is 413 g/mol. The van der Waals surface area contributed by atoms with Gasteiger partial charge in [0, 0.05) is 23.1 Å². The first-order valence-electron chi connectivity index (χ1n) is 9.41. The van der Waals surface area contributed by atoms with Gasteiger partial charge in [0.2, 0.25) is 0 Å². The summed E-state index contributed by atoms with van der Waals surface area (Å²) < 4.78 is 5.94. The van der Waals surface area contributed by atoms with Crippen molar-refractivity contribution < 1.29 is 9.53 Å². The maximum Gasteiger partial charge on any atom is 0.261 e. The SMILES string of the molecule is CC[C@H](Oc1ccc2ccccc2c1)C(=O)NCCSCc1cccc(Cl)c1. The van der Waals surface area contributed by atoms with E-state index < -0.39 is 6.10 Å². The average Bonchev–Trinajstić information content (AvgIpc) is 2.71. The molecule has 0 saturated heterocycles. The number of rotatable bonds is 9. The first-order chi connectivity index (χ1) is 13.7. The molecule has 0 saturated carbocycles. The lowest BCUT2D eigenvalue weighted by molar-refractivity contribution is -0.127. The molecule has 0 aliphatic carbocycles. The second-order valence-electron chi connectivity index (χ2n) is 6.50. The van der Waals surface area contributed by atoms with Crippen molar-refractivity contribution in [1.29, 1.82) is 0 Å².